The number of carbonyl (C=O) groups is 2. The molecular weight excluding hydrogens is 468 g/mol. The number of hydrogen-bond donors (Lipinski definition) is 2. The van der Waals surface area contributed by atoms with E-state index >= 15 is 0 Å². The van der Waals surface area contributed by atoms with E-state index in [1.165, 1.54) is 5.52 Å². The lowest BCUT2D eigenvalue weighted by Gasteiger charge is -2.07. The van der Waals surface area contributed by atoms with Gasteiger partial charge in [-0.2, -0.15) is 5.10 Å². The van der Waals surface area contributed by atoms with Gasteiger partial charge in [0.05, 0.1) is 6.42 Å². The third-order valence-corrected chi connectivity index (χ3v) is 5.72. The molecule has 1 aromatic heterocycles. The lowest BCUT2D eigenvalue weighted by molar-refractivity contribution is -0.115. The standard InChI is InChI=1S/C25H23BrN4O2/c1-3-30-22-10-5-4-9-20(22)21-15-19(11-12-23(21)30)27-24(31)13-16(2)28-29-25(32)17-7-6-8-18(26)14-17/h4-12,14-15H,3,13H2,1-2H3,(H,27,31)(H,29,32)/b28-16+. The Morgan fingerprint density at radius 3 is 2.53 bits per heavy atom. The first-order valence-corrected chi connectivity index (χ1v) is 11.2. The van der Waals surface area contributed by atoms with Crippen LogP contribution in [0, 0.1) is 0 Å². The van der Waals surface area contributed by atoms with E-state index in [2.05, 4.69) is 55.4 Å². The predicted molar refractivity (Wildman–Crippen MR) is 133 cm³/mol. The summed E-state index contributed by atoms with van der Waals surface area (Å²) in [6, 6.07) is 21.2. The summed E-state index contributed by atoms with van der Waals surface area (Å²) >= 11 is 3.34. The number of anilines is 1. The highest BCUT2D eigenvalue weighted by Crippen LogP contribution is 2.31. The number of hydrazone groups is 1. The molecular formula is C25H23BrN4O2. The van der Waals surface area contributed by atoms with Gasteiger partial charge in [-0.3, -0.25) is 9.59 Å². The van der Waals surface area contributed by atoms with E-state index in [1.807, 2.05) is 36.4 Å². The molecule has 4 aromatic rings. The van der Waals surface area contributed by atoms with Crippen LogP contribution in [0.2, 0.25) is 0 Å². The Labute approximate surface area is 194 Å². The molecule has 0 saturated carbocycles. The average molecular weight is 491 g/mol. The molecule has 6 nitrogen and oxygen atoms in total. The minimum atomic E-state index is -0.330. The molecule has 7 heteroatoms. The topological polar surface area (TPSA) is 75.5 Å². The zero-order chi connectivity index (χ0) is 22.7. The Balaban J connectivity index is 1.45. The van der Waals surface area contributed by atoms with Crippen LogP contribution in [-0.2, 0) is 11.3 Å². The Morgan fingerprint density at radius 1 is 0.969 bits per heavy atom. The van der Waals surface area contributed by atoms with Gasteiger partial charge in [0.15, 0.2) is 0 Å². The zero-order valence-corrected chi connectivity index (χ0v) is 19.4. The molecule has 0 fully saturated rings. The van der Waals surface area contributed by atoms with Gasteiger partial charge in [0, 0.05) is 49.8 Å². The molecule has 0 aliphatic carbocycles. The van der Waals surface area contributed by atoms with Gasteiger partial charge in [0.2, 0.25) is 5.91 Å². The molecule has 0 aliphatic rings. The highest BCUT2D eigenvalue weighted by Gasteiger charge is 2.12. The van der Waals surface area contributed by atoms with Gasteiger partial charge < -0.3 is 9.88 Å². The maximum atomic E-state index is 12.5. The number of nitrogens with one attached hydrogen (secondary N) is 2. The molecule has 0 aliphatic heterocycles. The summed E-state index contributed by atoms with van der Waals surface area (Å²) in [5, 5.41) is 9.25. The zero-order valence-electron chi connectivity index (χ0n) is 17.9. The number of carbonyl (C=O) groups excluding carboxylic acids is 2. The highest BCUT2D eigenvalue weighted by atomic mass is 79.9. The van der Waals surface area contributed by atoms with E-state index < -0.39 is 0 Å². The van der Waals surface area contributed by atoms with Crippen LogP contribution in [0.25, 0.3) is 21.8 Å². The van der Waals surface area contributed by atoms with Crippen LogP contribution in [0.4, 0.5) is 5.69 Å². The summed E-state index contributed by atoms with van der Waals surface area (Å²) in [4.78, 5) is 24.7. The molecule has 32 heavy (non-hydrogen) atoms. The molecule has 0 bridgehead atoms. The van der Waals surface area contributed by atoms with Gasteiger partial charge in [0.1, 0.15) is 0 Å². The summed E-state index contributed by atoms with van der Waals surface area (Å²) in [6.07, 6.45) is 0.0769. The van der Waals surface area contributed by atoms with Gasteiger partial charge in [-0.05, 0) is 56.3 Å². The first kappa shape index (κ1) is 21.8. The summed E-state index contributed by atoms with van der Waals surface area (Å²) in [5.74, 6) is -0.523. The van der Waals surface area contributed by atoms with Crippen molar-refractivity contribution in [1.82, 2.24) is 9.99 Å². The minimum Gasteiger partial charge on any atom is -0.341 e. The number of amides is 2. The fourth-order valence-electron chi connectivity index (χ4n) is 3.79. The number of para-hydroxylation sites is 1. The van der Waals surface area contributed by atoms with E-state index in [0.29, 0.717) is 11.3 Å². The molecule has 0 unspecified atom stereocenters. The van der Waals surface area contributed by atoms with E-state index in [1.54, 1.807) is 25.1 Å². The number of fused-ring (bicyclic) bond motifs is 3. The smallest absolute Gasteiger partial charge is 0.271 e. The van der Waals surface area contributed by atoms with Crippen LogP contribution >= 0.6 is 15.9 Å². The van der Waals surface area contributed by atoms with Crippen LogP contribution in [0.3, 0.4) is 0 Å². The van der Waals surface area contributed by atoms with Gasteiger partial charge in [-0.1, -0.05) is 40.2 Å². The molecule has 2 amide bonds. The van der Waals surface area contributed by atoms with Crippen LogP contribution in [-0.4, -0.2) is 22.1 Å². The molecule has 1 heterocycles. The maximum absolute atomic E-state index is 12.5. The number of rotatable bonds is 6. The third-order valence-electron chi connectivity index (χ3n) is 5.22. The fraction of sp³-hybridized carbons (Fsp3) is 0.160. The summed E-state index contributed by atoms with van der Waals surface area (Å²) < 4.78 is 3.07. The van der Waals surface area contributed by atoms with Crippen molar-refractivity contribution in [2.75, 3.05) is 5.32 Å². The van der Waals surface area contributed by atoms with Crippen molar-refractivity contribution in [3.8, 4) is 0 Å². The molecule has 3 aromatic carbocycles. The quantitative estimate of drug-likeness (QED) is 0.268. The second-order valence-electron chi connectivity index (χ2n) is 7.52. The van der Waals surface area contributed by atoms with E-state index in [-0.39, 0.29) is 18.2 Å². The first-order valence-electron chi connectivity index (χ1n) is 10.4. The van der Waals surface area contributed by atoms with Crippen LogP contribution < -0.4 is 10.7 Å². The van der Waals surface area contributed by atoms with Crippen LogP contribution in [0.5, 0.6) is 0 Å². The minimum absolute atomic E-state index is 0.0769. The molecule has 162 valence electrons. The normalized spacial score (nSPS) is 11.7. The highest BCUT2D eigenvalue weighted by molar-refractivity contribution is 9.10. The Kier molecular flexibility index (Phi) is 6.37. The summed E-state index contributed by atoms with van der Waals surface area (Å²) in [7, 11) is 0. The largest absolute Gasteiger partial charge is 0.341 e. The van der Waals surface area contributed by atoms with E-state index in [4.69, 9.17) is 0 Å². The van der Waals surface area contributed by atoms with Crippen molar-refractivity contribution in [2.24, 2.45) is 5.10 Å². The van der Waals surface area contributed by atoms with E-state index in [0.717, 1.165) is 33.0 Å². The Bertz CT molecular complexity index is 1360. The summed E-state index contributed by atoms with van der Waals surface area (Å²) in [5.41, 5.74) is 6.54. The average Bonchev–Trinajstić information content (AvgIpc) is 3.10. The fourth-order valence-corrected chi connectivity index (χ4v) is 4.19. The van der Waals surface area contributed by atoms with Crippen molar-refractivity contribution in [2.45, 2.75) is 26.8 Å². The van der Waals surface area contributed by atoms with Crippen molar-refractivity contribution < 1.29 is 9.59 Å². The number of aryl methyl sites for hydroxylation is 1. The summed E-state index contributed by atoms with van der Waals surface area (Å²) in [6.45, 7) is 4.70. The Morgan fingerprint density at radius 2 is 1.75 bits per heavy atom. The number of halogens is 1. The molecule has 0 saturated heterocycles. The molecule has 0 radical (unpaired) electrons. The van der Waals surface area contributed by atoms with Gasteiger partial charge in [-0.25, -0.2) is 5.43 Å². The lowest BCUT2D eigenvalue weighted by atomic mass is 10.1. The molecule has 2 N–H and O–H groups in total. The van der Waals surface area contributed by atoms with Crippen LogP contribution in [0.1, 0.15) is 30.6 Å². The SMILES string of the molecule is CCn1c2ccccc2c2cc(NC(=O)C/C(C)=N/NC(=O)c3cccc(Br)c3)ccc21. The van der Waals surface area contributed by atoms with Crippen molar-refractivity contribution in [3.05, 3.63) is 76.8 Å². The molecule has 0 spiro atoms. The predicted octanol–water partition coefficient (Wildman–Crippen LogP) is 5.71. The van der Waals surface area contributed by atoms with E-state index in [9.17, 15) is 9.59 Å². The first-order chi connectivity index (χ1) is 15.5. The van der Waals surface area contributed by atoms with Crippen molar-refractivity contribution >= 4 is 60.9 Å². The molecule has 0 atom stereocenters. The number of nitrogens with zero attached hydrogens (tertiary/aromatic N) is 2. The molecule has 4 rings (SSSR count). The van der Waals surface area contributed by atoms with Gasteiger partial charge in [0.25, 0.3) is 5.91 Å². The van der Waals surface area contributed by atoms with Crippen molar-refractivity contribution in [3.63, 3.8) is 0 Å². The van der Waals surface area contributed by atoms with Crippen LogP contribution in [0.15, 0.2) is 76.3 Å². The lowest BCUT2D eigenvalue weighted by Crippen LogP contribution is -2.21. The third kappa shape index (κ3) is 4.57. The number of benzene rings is 3. The van der Waals surface area contributed by atoms with Gasteiger partial charge >= 0.3 is 0 Å². The van der Waals surface area contributed by atoms with Crippen molar-refractivity contribution in [1.29, 1.82) is 0 Å². The number of hydrogen-bond acceptors (Lipinski definition) is 3. The monoisotopic (exact) mass is 490 g/mol. The maximum Gasteiger partial charge on any atom is 0.271 e. The number of aromatic nitrogens is 1. The van der Waals surface area contributed by atoms with Gasteiger partial charge in [-0.15, -0.1) is 0 Å². The Hall–Kier alpha value is -3.45. The second-order valence-corrected chi connectivity index (χ2v) is 8.43. The second kappa shape index (κ2) is 9.36.